The summed E-state index contributed by atoms with van der Waals surface area (Å²) in [4.78, 5) is 23.2. The molecule has 0 N–H and O–H groups in total. The molecule has 5 heteroatoms. The number of nitrogens with zero attached hydrogens (tertiary/aromatic N) is 1. The number of fused-ring (bicyclic) bond motifs is 1. The maximum atomic E-state index is 11.9. The van der Waals surface area contributed by atoms with Gasteiger partial charge in [0.1, 0.15) is 6.10 Å². The number of carbonyl (C=O) groups excluding carboxylic acids is 1. The number of rotatable bonds is 1. The molecule has 5 saturated carbocycles. The smallest absolute Gasteiger partial charge is 0.309 e. The van der Waals surface area contributed by atoms with Crippen molar-refractivity contribution in [3.05, 3.63) is 10.1 Å². The van der Waals surface area contributed by atoms with E-state index in [4.69, 9.17) is 4.74 Å². The highest BCUT2D eigenvalue weighted by Gasteiger charge is 2.92. The van der Waals surface area contributed by atoms with Crippen LogP contribution < -0.4 is 0 Å². The predicted octanol–water partition coefficient (Wildman–Crippen LogP) is 0.171. The summed E-state index contributed by atoms with van der Waals surface area (Å²) < 4.78 is 5.53. The lowest BCUT2D eigenvalue weighted by Gasteiger charge is -2.52. The monoisotopic (exact) mass is 233 g/mol. The Bertz CT molecular complexity index is 517. The Kier molecular flexibility index (Phi) is 0.897. The van der Waals surface area contributed by atoms with Crippen molar-refractivity contribution in [1.29, 1.82) is 0 Å². The molecule has 0 spiro atoms. The molecule has 5 aliphatic carbocycles. The van der Waals surface area contributed by atoms with E-state index >= 15 is 0 Å². The van der Waals surface area contributed by atoms with Crippen molar-refractivity contribution in [3.8, 4) is 0 Å². The van der Waals surface area contributed by atoms with Crippen LogP contribution >= 0.6 is 0 Å². The van der Waals surface area contributed by atoms with E-state index in [2.05, 4.69) is 0 Å². The van der Waals surface area contributed by atoms with E-state index in [0.29, 0.717) is 35.5 Å². The Morgan fingerprint density at radius 1 is 0.941 bits per heavy atom. The maximum Gasteiger partial charge on any atom is 0.309 e. The number of hydrogen-bond donors (Lipinski definition) is 0. The van der Waals surface area contributed by atoms with Gasteiger partial charge in [-0.2, -0.15) is 0 Å². The van der Waals surface area contributed by atoms with Gasteiger partial charge >= 0.3 is 5.97 Å². The van der Waals surface area contributed by atoms with Gasteiger partial charge in [0, 0.05) is 28.6 Å². The number of ether oxygens (including phenoxy) is 1. The minimum Gasteiger partial charge on any atom is -0.462 e. The topological polar surface area (TPSA) is 69.4 Å². The SMILES string of the molecule is O=C1O[C@H]2[C@@H]3[C@@H]4[C@H]1[C@@H]1[C@@H]2[C@H]2[C@@H]3[C@@H]4[C@H]1[C@@H]2[N+](=O)[O-]. The second-order valence-electron chi connectivity index (χ2n) is 6.82. The summed E-state index contributed by atoms with van der Waals surface area (Å²) in [5.41, 5.74) is 0. The fourth-order valence-electron chi connectivity index (χ4n) is 7.41. The predicted molar refractivity (Wildman–Crippen MR) is 52.1 cm³/mol. The van der Waals surface area contributed by atoms with Crippen LogP contribution in [0.1, 0.15) is 0 Å². The zero-order valence-electron chi connectivity index (χ0n) is 8.93. The van der Waals surface area contributed by atoms with Gasteiger partial charge in [-0.15, -0.1) is 0 Å². The van der Waals surface area contributed by atoms with Crippen molar-refractivity contribution in [1.82, 2.24) is 0 Å². The second-order valence-corrected chi connectivity index (χ2v) is 6.82. The molecule has 88 valence electrons. The number of nitro groups is 1. The molecule has 7 fully saturated rings. The molecule has 0 radical (unpaired) electrons. The summed E-state index contributed by atoms with van der Waals surface area (Å²) >= 11 is 0. The van der Waals surface area contributed by atoms with E-state index in [1.807, 2.05) is 0 Å². The van der Waals surface area contributed by atoms with Gasteiger partial charge in [0.25, 0.3) is 0 Å². The van der Waals surface area contributed by atoms with E-state index in [1.54, 1.807) is 0 Å². The van der Waals surface area contributed by atoms with E-state index in [-0.39, 0.29) is 40.8 Å². The third-order valence-corrected chi connectivity index (χ3v) is 7.14. The largest absolute Gasteiger partial charge is 0.462 e. The van der Waals surface area contributed by atoms with Crippen molar-refractivity contribution < 1.29 is 14.5 Å². The number of esters is 1. The van der Waals surface area contributed by atoms with E-state index in [9.17, 15) is 14.9 Å². The Balaban J connectivity index is 1.65. The van der Waals surface area contributed by atoms with Gasteiger partial charge in [0.15, 0.2) is 0 Å². The summed E-state index contributed by atoms with van der Waals surface area (Å²) in [6.07, 6.45) is 0.0590. The van der Waals surface area contributed by atoms with Crippen molar-refractivity contribution in [3.63, 3.8) is 0 Å². The highest BCUT2D eigenvalue weighted by Crippen LogP contribution is 2.86. The molecular weight excluding hydrogens is 222 g/mol. The summed E-state index contributed by atoms with van der Waals surface area (Å²) in [5, 5.41) is 11.3. The molecule has 2 saturated heterocycles. The van der Waals surface area contributed by atoms with Crippen LogP contribution in [0.5, 0.6) is 0 Å². The minimum absolute atomic E-state index is 0.0342. The summed E-state index contributed by atoms with van der Waals surface area (Å²) in [6.45, 7) is 0. The van der Waals surface area contributed by atoms with Crippen molar-refractivity contribution in [2.75, 3.05) is 0 Å². The van der Waals surface area contributed by atoms with Crippen LogP contribution in [0.25, 0.3) is 0 Å². The zero-order chi connectivity index (χ0) is 11.2. The zero-order valence-corrected chi connectivity index (χ0v) is 8.93. The molecule has 0 amide bonds. The van der Waals surface area contributed by atoms with Crippen molar-refractivity contribution in [2.24, 2.45) is 53.3 Å². The molecule has 17 heavy (non-hydrogen) atoms. The number of carbonyl (C=O) groups is 1. The first-order valence-corrected chi connectivity index (χ1v) is 6.56. The lowest BCUT2D eigenvalue weighted by atomic mass is 9.55. The molecule has 0 aromatic rings. The first-order valence-electron chi connectivity index (χ1n) is 6.56. The first-order chi connectivity index (χ1) is 8.22. The third-order valence-electron chi connectivity index (χ3n) is 7.14. The van der Waals surface area contributed by atoms with E-state index in [1.165, 1.54) is 0 Å². The lowest BCUT2D eigenvalue weighted by molar-refractivity contribution is -0.533. The van der Waals surface area contributed by atoms with Gasteiger partial charge < -0.3 is 4.74 Å². The average Bonchev–Trinajstić information content (AvgIpc) is 2.75. The van der Waals surface area contributed by atoms with Crippen LogP contribution in [0.2, 0.25) is 0 Å². The van der Waals surface area contributed by atoms with Crippen molar-refractivity contribution >= 4 is 5.97 Å². The maximum absolute atomic E-state index is 11.9. The Morgan fingerprint density at radius 3 is 2.29 bits per heavy atom. The molecule has 2 aliphatic heterocycles. The van der Waals surface area contributed by atoms with Gasteiger partial charge in [-0.3, -0.25) is 14.9 Å². The minimum atomic E-state index is -0.350. The molecule has 0 aromatic carbocycles. The highest BCUT2D eigenvalue weighted by molar-refractivity contribution is 5.78. The van der Waals surface area contributed by atoms with Gasteiger partial charge in [-0.05, 0) is 23.7 Å². The molecule has 11 atom stereocenters. The molecule has 2 heterocycles. The molecule has 7 aliphatic rings. The van der Waals surface area contributed by atoms with Gasteiger partial charge in [0.2, 0.25) is 6.04 Å². The molecule has 5 nitrogen and oxygen atoms in total. The van der Waals surface area contributed by atoms with E-state index < -0.39 is 0 Å². The van der Waals surface area contributed by atoms with Crippen LogP contribution in [-0.2, 0) is 9.53 Å². The lowest BCUT2D eigenvalue weighted by Crippen LogP contribution is -2.58. The quantitative estimate of drug-likeness (QED) is 0.368. The van der Waals surface area contributed by atoms with Gasteiger partial charge in [0.05, 0.1) is 5.92 Å². The third kappa shape index (κ3) is 0.490. The van der Waals surface area contributed by atoms with E-state index in [0.717, 1.165) is 0 Å². The van der Waals surface area contributed by atoms with Gasteiger partial charge in [-0.1, -0.05) is 0 Å². The summed E-state index contributed by atoms with van der Waals surface area (Å²) in [5.74, 6) is 3.13. The highest BCUT2D eigenvalue weighted by atomic mass is 16.6. The Labute approximate surface area is 96.6 Å². The van der Waals surface area contributed by atoms with Crippen molar-refractivity contribution in [2.45, 2.75) is 12.1 Å². The first kappa shape index (κ1) is 8.06. The molecule has 7 rings (SSSR count). The van der Waals surface area contributed by atoms with Crippen LogP contribution in [0.4, 0.5) is 0 Å². The molecule has 0 aromatic heterocycles. The summed E-state index contributed by atoms with van der Waals surface area (Å²) in [6, 6.07) is -0.350. The van der Waals surface area contributed by atoms with Gasteiger partial charge in [-0.25, -0.2) is 0 Å². The Morgan fingerprint density at radius 2 is 1.53 bits per heavy atom. The van der Waals surface area contributed by atoms with Crippen LogP contribution in [0.15, 0.2) is 0 Å². The fraction of sp³-hybridized carbons (Fsp3) is 0.917. The van der Waals surface area contributed by atoms with Crippen LogP contribution in [0, 0.1) is 63.4 Å². The second kappa shape index (κ2) is 1.89. The Hall–Kier alpha value is -1.13. The summed E-state index contributed by atoms with van der Waals surface area (Å²) in [7, 11) is 0. The molecular formula is C12H11NO4. The van der Waals surface area contributed by atoms with Crippen LogP contribution in [-0.4, -0.2) is 23.0 Å². The molecule has 0 unspecified atom stereocenters. The average molecular weight is 233 g/mol. The fourth-order valence-corrected chi connectivity index (χ4v) is 7.41. The number of hydrogen-bond acceptors (Lipinski definition) is 4. The standard InChI is InChI=1S/C12H11NO4/c14-12-9-3-1-2-6-8(11(17-12)7(2)3)4(9)5(1)10(6)13(15)16/h1-11H/t1-,2-,3+,4-,5+,6+,7-,8+,9-,10-,11-/m0/s1. The normalized spacial score (nSPS) is 74.4. The molecule has 4 bridgehead atoms. The van der Waals surface area contributed by atoms with Crippen LogP contribution in [0.3, 0.4) is 0 Å².